The summed E-state index contributed by atoms with van der Waals surface area (Å²) in [4.78, 5) is 0. The summed E-state index contributed by atoms with van der Waals surface area (Å²) < 4.78 is 5.30. The predicted octanol–water partition coefficient (Wildman–Crippen LogP) is 5.21. The number of halogens is 1. The Bertz CT molecular complexity index is 445. The summed E-state index contributed by atoms with van der Waals surface area (Å²) >= 11 is 6.16. The van der Waals surface area contributed by atoms with E-state index >= 15 is 0 Å². The Kier molecular flexibility index (Phi) is 5.33. The van der Waals surface area contributed by atoms with Crippen LogP contribution in [0.3, 0.4) is 0 Å². The molecule has 0 aromatic heterocycles. The Morgan fingerprint density at radius 3 is 2.63 bits per heavy atom. The first-order chi connectivity index (χ1) is 9.24. The Hall–Kier alpha value is -0.950. The van der Waals surface area contributed by atoms with Gasteiger partial charge in [0.1, 0.15) is 5.75 Å². The van der Waals surface area contributed by atoms with Crippen LogP contribution in [-0.4, -0.2) is 13.0 Å². The van der Waals surface area contributed by atoms with Gasteiger partial charge in [0.05, 0.1) is 7.11 Å². The van der Waals surface area contributed by atoms with Gasteiger partial charge in [-0.25, -0.2) is 0 Å². The Morgan fingerprint density at radius 2 is 2.05 bits per heavy atom. The van der Waals surface area contributed by atoms with E-state index in [1.54, 1.807) is 7.11 Å². The average Bonchev–Trinajstić information content (AvgIpc) is 2.46. The number of allylic oxidation sites excluding steroid dienone is 1. The van der Waals surface area contributed by atoms with Crippen LogP contribution in [0.25, 0.3) is 6.08 Å². The minimum absolute atomic E-state index is 0.649. The molecule has 104 valence electrons. The van der Waals surface area contributed by atoms with E-state index in [1.807, 2.05) is 6.07 Å². The molecule has 2 heteroatoms. The van der Waals surface area contributed by atoms with Crippen molar-refractivity contribution in [3.05, 3.63) is 34.9 Å². The van der Waals surface area contributed by atoms with Crippen molar-refractivity contribution in [2.24, 2.45) is 5.92 Å². The van der Waals surface area contributed by atoms with Crippen molar-refractivity contribution in [3.8, 4) is 5.75 Å². The summed E-state index contributed by atoms with van der Waals surface area (Å²) in [6, 6.07) is 6.32. The van der Waals surface area contributed by atoms with Crippen LogP contribution < -0.4 is 4.74 Å². The van der Waals surface area contributed by atoms with Crippen LogP contribution >= 0.6 is 11.6 Å². The lowest BCUT2D eigenvalue weighted by molar-refractivity contribution is 0.405. The highest BCUT2D eigenvalue weighted by Gasteiger charge is 2.17. The van der Waals surface area contributed by atoms with Gasteiger partial charge in [-0.1, -0.05) is 37.0 Å². The highest BCUT2D eigenvalue weighted by atomic mass is 35.5. The van der Waals surface area contributed by atoms with E-state index in [0.717, 1.165) is 5.75 Å². The third-order valence-corrected chi connectivity index (χ3v) is 4.36. The van der Waals surface area contributed by atoms with Gasteiger partial charge in [-0.3, -0.25) is 0 Å². The van der Waals surface area contributed by atoms with E-state index in [2.05, 4.69) is 25.1 Å². The van der Waals surface area contributed by atoms with Gasteiger partial charge in [0.2, 0.25) is 0 Å². The van der Waals surface area contributed by atoms with Crippen LogP contribution in [0.5, 0.6) is 5.75 Å². The first-order valence-electron chi connectivity index (χ1n) is 7.15. The number of rotatable bonds is 4. The number of hydrogen-bond acceptors (Lipinski definition) is 1. The largest absolute Gasteiger partial charge is 0.496 e. The summed E-state index contributed by atoms with van der Waals surface area (Å²) in [5.74, 6) is 2.28. The monoisotopic (exact) mass is 278 g/mol. The van der Waals surface area contributed by atoms with Gasteiger partial charge in [0, 0.05) is 5.88 Å². The second-order valence-electron chi connectivity index (χ2n) is 5.42. The number of hydrogen-bond donors (Lipinski definition) is 0. The van der Waals surface area contributed by atoms with Crippen molar-refractivity contribution in [2.75, 3.05) is 13.0 Å². The van der Waals surface area contributed by atoms with E-state index in [-0.39, 0.29) is 0 Å². The zero-order valence-electron chi connectivity index (χ0n) is 11.9. The van der Waals surface area contributed by atoms with E-state index < -0.39 is 0 Å². The molecule has 1 aliphatic carbocycles. The van der Waals surface area contributed by atoms with Gasteiger partial charge in [0.25, 0.3) is 0 Å². The molecule has 0 unspecified atom stereocenters. The average molecular weight is 279 g/mol. The van der Waals surface area contributed by atoms with Crippen LogP contribution in [0, 0.1) is 12.8 Å². The molecule has 0 heterocycles. The summed E-state index contributed by atoms with van der Waals surface area (Å²) in [6.45, 7) is 2.08. The third-order valence-electron chi connectivity index (χ3n) is 4.05. The maximum Gasteiger partial charge on any atom is 0.121 e. The zero-order valence-corrected chi connectivity index (χ0v) is 12.7. The van der Waals surface area contributed by atoms with Crippen molar-refractivity contribution in [2.45, 2.75) is 39.0 Å². The van der Waals surface area contributed by atoms with Crippen LogP contribution in [0.1, 0.15) is 43.2 Å². The van der Waals surface area contributed by atoms with Crippen molar-refractivity contribution >= 4 is 17.7 Å². The van der Waals surface area contributed by atoms with Gasteiger partial charge in [-0.05, 0) is 48.9 Å². The topological polar surface area (TPSA) is 9.23 Å². The van der Waals surface area contributed by atoms with Crippen LogP contribution in [0.15, 0.2) is 23.8 Å². The quantitative estimate of drug-likeness (QED) is 0.687. The SMILES string of the molecule is COc1ccc(C=C(CCl)C2CCCCC2)cc1C. The number of aryl methyl sites for hydroxylation is 1. The molecule has 0 atom stereocenters. The Balaban J connectivity index is 2.19. The Morgan fingerprint density at radius 1 is 1.32 bits per heavy atom. The fraction of sp³-hybridized carbons (Fsp3) is 0.529. The molecular formula is C17H23ClO. The minimum atomic E-state index is 0.649. The van der Waals surface area contributed by atoms with Gasteiger partial charge >= 0.3 is 0 Å². The number of methoxy groups -OCH3 is 1. The predicted molar refractivity (Wildman–Crippen MR) is 83.0 cm³/mol. The molecule has 0 bridgehead atoms. The van der Waals surface area contributed by atoms with Crippen LogP contribution in [0.4, 0.5) is 0 Å². The van der Waals surface area contributed by atoms with Crippen molar-refractivity contribution in [3.63, 3.8) is 0 Å². The molecule has 0 amide bonds. The van der Waals surface area contributed by atoms with Crippen molar-refractivity contribution in [1.29, 1.82) is 0 Å². The maximum atomic E-state index is 6.16. The standard InChI is InChI=1S/C17H23ClO/c1-13-10-14(8-9-17(13)19-2)11-16(12-18)15-6-4-3-5-7-15/h8-11,15H,3-7,12H2,1-2H3. The van der Waals surface area contributed by atoms with E-state index in [1.165, 1.54) is 48.8 Å². The normalized spacial score (nSPS) is 17.5. The number of alkyl halides is 1. The summed E-state index contributed by atoms with van der Waals surface area (Å²) in [5.41, 5.74) is 3.80. The van der Waals surface area contributed by atoms with Gasteiger partial charge in [-0.15, -0.1) is 11.6 Å². The Labute approximate surface area is 121 Å². The molecule has 0 radical (unpaired) electrons. The smallest absolute Gasteiger partial charge is 0.121 e. The highest BCUT2D eigenvalue weighted by molar-refractivity contribution is 6.19. The van der Waals surface area contributed by atoms with Gasteiger partial charge < -0.3 is 4.74 Å². The van der Waals surface area contributed by atoms with Crippen molar-refractivity contribution in [1.82, 2.24) is 0 Å². The molecule has 1 nitrogen and oxygen atoms in total. The molecule has 1 aromatic carbocycles. The molecule has 19 heavy (non-hydrogen) atoms. The fourth-order valence-corrected chi connectivity index (χ4v) is 3.24. The highest BCUT2D eigenvalue weighted by Crippen LogP contribution is 2.32. The zero-order chi connectivity index (χ0) is 13.7. The van der Waals surface area contributed by atoms with E-state index in [0.29, 0.717) is 11.8 Å². The number of benzene rings is 1. The molecule has 1 saturated carbocycles. The molecule has 0 N–H and O–H groups in total. The lowest BCUT2D eigenvalue weighted by Gasteiger charge is -2.23. The molecule has 2 rings (SSSR count). The minimum Gasteiger partial charge on any atom is -0.496 e. The molecule has 0 saturated heterocycles. The van der Waals surface area contributed by atoms with Crippen molar-refractivity contribution < 1.29 is 4.74 Å². The summed E-state index contributed by atoms with van der Waals surface area (Å²) in [6.07, 6.45) is 8.95. The van der Waals surface area contributed by atoms with Crippen LogP contribution in [-0.2, 0) is 0 Å². The molecule has 0 aliphatic heterocycles. The van der Waals surface area contributed by atoms with E-state index in [4.69, 9.17) is 16.3 Å². The fourth-order valence-electron chi connectivity index (χ4n) is 2.94. The van der Waals surface area contributed by atoms with Gasteiger partial charge in [0.15, 0.2) is 0 Å². The molecule has 1 aromatic rings. The second kappa shape index (κ2) is 7.00. The molecule has 0 spiro atoms. The summed E-state index contributed by atoms with van der Waals surface area (Å²) in [7, 11) is 1.71. The maximum absolute atomic E-state index is 6.16. The lowest BCUT2D eigenvalue weighted by Crippen LogP contribution is -2.10. The lowest BCUT2D eigenvalue weighted by atomic mass is 9.83. The first-order valence-corrected chi connectivity index (χ1v) is 7.69. The number of ether oxygens (including phenoxy) is 1. The van der Waals surface area contributed by atoms with Crippen LogP contribution in [0.2, 0.25) is 0 Å². The van der Waals surface area contributed by atoms with Gasteiger partial charge in [-0.2, -0.15) is 0 Å². The van der Waals surface area contributed by atoms with E-state index in [9.17, 15) is 0 Å². The molecule has 1 aliphatic rings. The second-order valence-corrected chi connectivity index (χ2v) is 5.68. The third kappa shape index (κ3) is 3.76. The molecule has 1 fully saturated rings. The summed E-state index contributed by atoms with van der Waals surface area (Å²) in [5, 5.41) is 0. The first kappa shape index (κ1) is 14.5. The molecular weight excluding hydrogens is 256 g/mol.